The number of hydrogen-bond donors (Lipinski definition) is 0. The SMILES string of the molecule is CCCCOCCCN(CC(C)C(=O)OC)C(=O)c1ccccc1. The largest absolute Gasteiger partial charge is 0.469 e. The minimum absolute atomic E-state index is 0.0695. The molecule has 24 heavy (non-hydrogen) atoms. The van der Waals surface area contributed by atoms with Crippen molar-refractivity contribution in [3.63, 3.8) is 0 Å². The summed E-state index contributed by atoms with van der Waals surface area (Å²) in [5.74, 6) is -0.733. The second-order valence-corrected chi connectivity index (χ2v) is 5.86. The van der Waals surface area contributed by atoms with Crippen LogP contribution in [0.3, 0.4) is 0 Å². The van der Waals surface area contributed by atoms with Gasteiger partial charge in [0, 0.05) is 31.9 Å². The van der Waals surface area contributed by atoms with E-state index < -0.39 is 0 Å². The molecule has 0 aliphatic rings. The van der Waals surface area contributed by atoms with Gasteiger partial charge in [0.1, 0.15) is 0 Å². The molecule has 0 saturated heterocycles. The maximum Gasteiger partial charge on any atom is 0.310 e. The summed E-state index contributed by atoms with van der Waals surface area (Å²) in [6.07, 6.45) is 2.90. The Labute approximate surface area is 144 Å². The van der Waals surface area contributed by atoms with E-state index in [9.17, 15) is 9.59 Å². The molecule has 1 aromatic carbocycles. The molecule has 0 aliphatic heterocycles. The van der Waals surface area contributed by atoms with Crippen molar-refractivity contribution in [2.75, 3.05) is 33.4 Å². The van der Waals surface area contributed by atoms with Gasteiger partial charge in [0.2, 0.25) is 0 Å². The molecule has 1 amide bonds. The third-order valence-electron chi connectivity index (χ3n) is 3.76. The van der Waals surface area contributed by atoms with Crippen LogP contribution < -0.4 is 0 Å². The molecule has 1 atom stereocenters. The van der Waals surface area contributed by atoms with E-state index in [0.29, 0.717) is 25.3 Å². The molecule has 0 N–H and O–H groups in total. The Balaban J connectivity index is 2.62. The quantitative estimate of drug-likeness (QED) is 0.460. The molecule has 0 heterocycles. The van der Waals surface area contributed by atoms with Gasteiger partial charge in [0.15, 0.2) is 0 Å². The smallest absolute Gasteiger partial charge is 0.310 e. The van der Waals surface area contributed by atoms with E-state index in [2.05, 4.69) is 6.92 Å². The third-order valence-corrected chi connectivity index (χ3v) is 3.76. The molecule has 0 saturated carbocycles. The Morgan fingerprint density at radius 3 is 2.42 bits per heavy atom. The lowest BCUT2D eigenvalue weighted by Gasteiger charge is -2.25. The van der Waals surface area contributed by atoms with Gasteiger partial charge < -0.3 is 14.4 Å². The standard InChI is InChI=1S/C19H29NO4/c1-4-5-13-24-14-9-12-20(15-16(2)19(22)23-3)18(21)17-10-7-6-8-11-17/h6-8,10-11,16H,4-5,9,12-15H2,1-3H3. The molecule has 5 heteroatoms. The predicted molar refractivity (Wildman–Crippen MR) is 93.9 cm³/mol. The van der Waals surface area contributed by atoms with Gasteiger partial charge in [0.25, 0.3) is 5.91 Å². The zero-order chi connectivity index (χ0) is 17.8. The van der Waals surface area contributed by atoms with E-state index in [4.69, 9.17) is 9.47 Å². The lowest BCUT2D eigenvalue weighted by atomic mass is 10.1. The van der Waals surface area contributed by atoms with Crippen molar-refractivity contribution < 1.29 is 19.1 Å². The van der Waals surface area contributed by atoms with E-state index in [-0.39, 0.29) is 17.8 Å². The van der Waals surface area contributed by atoms with Crippen LogP contribution in [0.2, 0.25) is 0 Å². The Hall–Kier alpha value is -1.88. The molecule has 1 unspecified atom stereocenters. The first-order valence-corrected chi connectivity index (χ1v) is 8.60. The van der Waals surface area contributed by atoms with Gasteiger partial charge in [-0.3, -0.25) is 9.59 Å². The molecule has 1 aromatic rings. The maximum absolute atomic E-state index is 12.7. The molecule has 0 fully saturated rings. The molecule has 0 radical (unpaired) electrons. The number of carbonyl (C=O) groups excluding carboxylic acids is 2. The lowest BCUT2D eigenvalue weighted by molar-refractivity contribution is -0.145. The van der Waals surface area contributed by atoms with E-state index in [1.807, 2.05) is 18.2 Å². The predicted octanol–water partition coefficient (Wildman–Crippen LogP) is 3.14. The van der Waals surface area contributed by atoms with Gasteiger partial charge in [-0.25, -0.2) is 0 Å². The Bertz CT molecular complexity index is 489. The molecule has 5 nitrogen and oxygen atoms in total. The van der Waals surface area contributed by atoms with Crippen molar-refractivity contribution in [1.82, 2.24) is 4.90 Å². The van der Waals surface area contributed by atoms with Crippen LogP contribution in [0.15, 0.2) is 30.3 Å². The Kier molecular flexibility index (Phi) is 9.77. The number of esters is 1. The number of amides is 1. The molecular weight excluding hydrogens is 306 g/mol. The van der Waals surface area contributed by atoms with Gasteiger partial charge in [-0.05, 0) is 25.0 Å². The van der Waals surface area contributed by atoms with Crippen LogP contribution in [0.25, 0.3) is 0 Å². The first-order chi connectivity index (χ1) is 11.6. The van der Waals surface area contributed by atoms with Gasteiger partial charge in [-0.15, -0.1) is 0 Å². The molecule has 0 bridgehead atoms. The average molecular weight is 335 g/mol. The Morgan fingerprint density at radius 2 is 1.79 bits per heavy atom. The van der Waals surface area contributed by atoms with Crippen LogP contribution >= 0.6 is 0 Å². The Morgan fingerprint density at radius 1 is 1.12 bits per heavy atom. The second kappa shape index (κ2) is 11.6. The monoisotopic (exact) mass is 335 g/mol. The van der Waals surface area contributed by atoms with Crippen molar-refractivity contribution in [3.05, 3.63) is 35.9 Å². The van der Waals surface area contributed by atoms with E-state index >= 15 is 0 Å². The number of benzene rings is 1. The van der Waals surface area contributed by atoms with Crippen LogP contribution in [0.5, 0.6) is 0 Å². The van der Waals surface area contributed by atoms with Gasteiger partial charge in [0.05, 0.1) is 13.0 Å². The summed E-state index contributed by atoms with van der Waals surface area (Å²) in [5, 5.41) is 0. The van der Waals surface area contributed by atoms with Crippen LogP contribution in [0, 0.1) is 5.92 Å². The fourth-order valence-corrected chi connectivity index (χ4v) is 2.35. The highest BCUT2D eigenvalue weighted by Gasteiger charge is 2.22. The second-order valence-electron chi connectivity index (χ2n) is 5.86. The normalized spacial score (nSPS) is 11.8. The average Bonchev–Trinajstić information content (AvgIpc) is 2.62. The topological polar surface area (TPSA) is 55.8 Å². The molecule has 1 rings (SSSR count). The molecule has 134 valence electrons. The highest BCUT2D eigenvalue weighted by atomic mass is 16.5. The summed E-state index contributed by atoms with van der Waals surface area (Å²) in [6, 6.07) is 9.12. The van der Waals surface area contributed by atoms with Crippen LogP contribution in [-0.4, -0.2) is 50.2 Å². The maximum atomic E-state index is 12.7. The fraction of sp³-hybridized carbons (Fsp3) is 0.579. The minimum atomic E-state index is -0.358. The molecule has 0 spiro atoms. The minimum Gasteiger partial charge on any atom is -0.469 e. The van der Waals surface area contributed by atoms with Gasteiger partial charge in [-0.1, -0.05) is 38.5 Å². The van der Waals surface area contributed by atoms with Crippen LogP contribution in [0.4, 0.5) is 0 Å². The number of unbranched alkanes of at least 4 members (excludes halogenated alkanes) is 1. The van der Waals surface area contributed by atoms with Crippen LogP contribution in [0.1, 0.15) is 43.5 Å². The first kappa shape index (κ1) is 20.2. The van der Waals surface area contributed by atoms with E-state index in [0.717, 1.165) is 25.9 Å². The molecule has 0 aromatic heterocycles. The fourth-order valence-electron chi connectivity index (χ4n) is 2.35. The summed E-state index contributed by atoms with van der Waals surface area (Å²) in [4.78, 5) is 26.1. The zero-order valence-electron chi connectivity index (χ0n) is 15.0. The van der Waals surface area contributed by atoms with Gasteiger partial charge >= 0.3 is 5.97 Å². The van der Waals surface area contributed by atoms with Crippen molar-refractivity contribution in [1.29, 1.82) is 0 Å². The molecule has 0 aliphatic carbocycles. The van der Waals surface area contributed by atoms with Crippen molar-refractivity contribution in [3.8, 4) is 0 Å². The highest BCUT2D eigenvalue weighted by Crippen LogP contribution is 2.10. The summed E-state index contributed by atoms with van der Waals surface area (Å²) < 4.78 is 10.3. The summed E-state index contributed by atoms with van der Waals surface area (Å²) in [6.45, 7) is 6.16. The van der Waals surface area contributed by atoms with Crippen molar-refractivity contribution >= 4 is 11.9 Å². The number of ether oxygens (including phenoxy) is 2. The highest BCUT2D eigenvalue weighted by molar-refractivity contribution is 5.94. The van der Waals surface area contributed by atoms with Crippen molar-refractivity contribution in [2.45, 2.75) is 33.1 Å². The summed E-state index contributed by atoms with van der Waals surface area (Å²) >= 11 is 0. The number of hydrogen-bond acceptors (Lipinski definition) is 4. The van der Waals surface area contributed by atoms with Crippen molar-refractivity contribution in [2.24, 2.45) is 5.92 Å². The molecular formula is C19H29NO4. The number of rotatable bonds is 11. The zero-order valence-corrected chi connectivity index (χ0v) is 15.0. The van der Waals surface area contributed by atoms with Crippen LogP contribution in [-0.2, 0) is 14.3 Å². The number of methoxy groups -OCH3 is 1. The number of carbonyl (C=O) groups is 2. The third kappa shape index (κ3) is 7.13. The number of nitrogens with zero attached hydrogens (tertiary/aromatic N) is 1. The summed E-state index contributed by atoms with van der Waals surface area (Å²) in [7, 11) is 1.36. The first-order valence-electron chi connectivity index (χ1n) is 8.60. The van der Waals surface area contributed by atoms with E-state index in [1.165, 1.54) is 7.11 Å². The summed E-state index contributed by atoms with van der Waals surface area (Å²) in [5.41, 5.74) is 0.626. The van der Waals surface area contributed by atoms with E-state index in [1.54, 1.807) is 24.0 Å². The lowest BCUT2D eigenvalue weighted by Crippen LogP contribution is -2.38. The van der Waals surface area contributed by atoms with Gasteiger partial charge in [-0.2, -0.15) is 0 Å².